The Labute approximate surface area is 217 Å². The summed E-state index contributed by atoms with van der Waals surface area (Å²) in [5.41, 5.74) is 2.15. The van der Waals surface area contributed by atoms with Crippen LogP contribution < -0.4 is 10.2 Å². The number of ketones is 1. The highest BCUT2D eigenvalue weighted by molar-refractivity contribution is 7.91. The molecule has 0 radical (unpaired) electrons. The second kappa shape index (κ2) is 10.0. The Morgan fingerprint density at radius 1 is 1.19 bits per heavy atom. The molecule has 0 amide bonds. The topological polar surface area (TPSA) is 101 Å². The van der Waals surface area contributed by atoms with E-state index in [0.29, 0.717) is 30.7 Å². The lowest BCUT2D eigenvalue weighted by Crippen LogP contribution is -2.42. The van der Waals surface area contributed by atoms with E-state index in [1.165, 1.54) is 12.8 Å². The Bertz CT molecular complexity index is 1210. The Balaban J connectivity index is 1.52. The van der Waals surface area contributed by atoms with Gasteiger partial charge in [0.25, 0.3) is 0 Å². The fourth-order valence-electron chi connectivity index (χ4n) is 5.14. The van der Waals surface area contributed by atoms with Crippen molar-refractivity contribution in [3.63, 3.8) is 0 Å². The van der Waals surface area contributed by atoms with E-state index in [1.54, 1.807) is 11.3 Å². The molecule has 0 atom stereocenters. The summed E-state index contributed by atoms with van der Waals surface area (Å²) in [5, 5.41) is 14.2. The molecule has 3 aliphatic rings. The van der Waals surface area contributed by atoms with E-state index in [2.05, 4.69) is 40.3 Å². The molecule has 1 aromatic carbocycles. The van der Waals surface area contributed by atoms with Crippen LogP contribution in [0.3, 0.4) is 0 Å². The Kier molecular flexibility index (Phi) is 7.13. The number of benzene rings is 1. The van der Waals surface area contributed by atoms with Gasteiger partial charge in [-0.05, 0) is 62.1 Å². The van der Waals surface area contributed by atoms with Gasteiger partial charge in [0, 0.05) is 38.0 Å². The van der Waals surface area contributed by atoms with Gasteiger partial charge in [-0.3, -0.25) is 4.79 Å². The summed E-state index contributed by atoms with van der Waals surface area (Å²) >= 11 is 1.59. The molecule has 1 aliphatic heterocycles. The number of hydrogen-bond acceptors (Lipinski definition) is 9. The summed E-state index contributed by atoms with van der Waals surface area (Å²) in [7, 11) is -3.38. The van der Waals surface area contributed by atoms with Crippen molar-refractivity contribution < 1.29 is 17.9 Å². The van der Waals surface area contributed by atoms with Crippen molar-refractivity contribution >= 4 is 43.5 Å². The molecule has 2 saturated carbocycles. The van der Waals surface area contributed by atoms with Crippen molar-refractivity contribution in [2.45, 2.75) is 69.7 Å². The number of anilines is 3. The van der Waals surface area contributed by atoms with Crippen LogP contribution in [0.5, 0.6) is 0 Å². The predicted molar refractivity (Wildman–Crippen MR) is 143 cm³/mol. The molecule has 3 fully saturated rings. The van der Waals surface area contributed by atoms with Crippen molar-refractivity contribution in [3.05, 3.63) is 28.8 Å². The molecule has 5 rings (SSSR count). The first-order valence-electron chi connectivity index (χ1n) is 12.9. The van der Waals surface area contributed by atoms with Crippen molar-refractivity contribution in [2.75, 3.05) is 42.0 Å². The van der Waals surface area contributed by atoms with E-state index in [-0.39, 0.29) is 5.78 Å². The van der Waals surface area contributed by atoms with Crippen molar-refractivity contribution in [1.29, 1.82) is 0 Å². The number of ether oxygens (including phenoxy) is 1. The van der Waals surface area contributed by atoms with Crippen molar-refractivity contribution in [1.82, 2.24) is 10.2 Å². The van der Waals surface area contributed by atoms with E-state index in [1.807, 2.05) is 12.1 Å². The molecule has 10 heteroatoms. The molecule has 0 unspecified atom stereocenters. The van der Waals surface area contributed by atoms with Crippen LogP contribution in [0, 0.1) is 5.92 Å². The summed E-state index contributed by atoms with van der Waals surface area (Å²) in [6, 6.07) is 6.54. The molecular weight excluding hydrogens is 496 g/mol. The molecule has 1 N–H and O–H groups in total. The van der Waals surface area contributed by atoms with Gasteiger partial charge in [0.15, 0.2) is 15.6 Å². The molecule has 8 nitrogen and oxygen atoms in total. The molecule has 0 bridgehead atoms. The highest BCUT2D eigenvalue weighted by atomic mass is 32.2. The molecule has 2 aliphatic carbocycles. The predicted octanol–water partition coefficient (Wildman–Crippen LogP) is 4.45. The van der Waals surface area contributed by atoms with Gasteiger partial charge in [-0.15, -0.1) is 10.2 Å². The maximum Gasteiger partial charge on any atom is 0.210 e. The van der Waals surface area contributed by atoms with Gasteiger partial charge >= 0.3 is 0 Å². The minimum absolute atomic E-state index is 0.209. The average Bonchev–Trinajstić information content (AvgIpc) is 3.75. The lowest BCUT2D eigenvalue weighted by atomic mass is 9.91. The Morgan fingerprint density at radius 2 is 1.92 bits per heavy atom. The fraction of sp³-hybridized carbons (Fsp3) is 0.654. The number of nitrogens with one attached hydrogen (secondary N) is 1. The van der Waals surface area contributed by atoms with E-state index < -0.39 is 21.0 Å². The van der Waals surface area contributed by atoms with E-state index in [4.69, 9.17) is 4.74 Å². The smallest absolute Gasteiger partial charge is 0.210 e. The third kappa shape index (κ3) is 5.75. The van der Waals surface area contributed by atoms with Crippen LogP contribution in [-0.4, -0.2) is 62.2 Å². The molecule has 1 aromatic heterocycles. The zero-order valence-electron chi connectivity index (χ0n) is 21.3. The normalized spacial score (nSPS) is 19.9. The Morgan fingerprint density at radius 3 is 2.53 bits per heavy atom. The third-order valence-electron chi connectivity index (χ3n) is 7.34. The average molecular weight is 533 g/mol. The lowest BCUT2D eigenvalue weighted by Gasteiger charge is -2.38. The molecule has 2 aromatic rings. The van der Waals surface area contributed by atoms with Crippen LogP contribution in [0.25, 0.3) is 0 Å². The van der Waals surface area contributed by atoms with Crippen LogP contribution in [0.1, 0.15) is 68.9 Å². The largest absolute Gasteiger partial charge is 0.381 e. The number of hydrogen-bond donors (Lipinski definition) is 1. The molecule has 196 valence electrons. The first-order chi connectivity index (χ1) is 17.1. The van der Waals surface area contributed by atoms with E-state index in [9.17, 15) is 13.2 Å². The first kappa shape index (κ1) is 25.6. The first-order valence-corrected chi connectivity index (χ1v) is 15.8. The summed E-state index contributed by atoms with van der Waals surface area (Å²) in [6.45, 7) is 6.86. The number of aromatic nitrogens is 2. The number of nitrogens with zero attached hydrogens (tertiary/aromatic N) is 3. The van der Waals surface area contributed by atoms with Crippen molar-refractivity contribution in [3.8, 4) is 0 Å². The minimum Gasteiger partial charge on any atom is -0.381 e. The molecular formula is C26H36N4O4S2. The lowest BCUT2D eigenvalue weighted by molar-refractivity contribution is -0.119. The van der Waals surface area contributed by atoms with Gasteiger partial charge in [0.05, 0.1) is 16.8 Å². The van der Waals surface area contributed by atoms with Gasteiger partial charge in [0.1, 0.15) is 10.8 Å². The maximum absolute atomic E-state index is 13.1. The molecule has 36 heavy (non-hydrogen) atoms. The van der Waals surface area contributed by atoms with Crippen LogP contribution in [0.4, 0.5) is 16.5 Å². The molecule has 0 spiro atoms. The minimum atomic E-state index is -3.38. The quantitative estimate of drug-likeness (QED) is 0.453. The maximum atomic E-state index is 13.1. The fourth-order valence-corrected chi connectivity index (χ4v) is 6.82. The molecule has 2 heterocycles. The highest BCUT2D eigenvalue weighted by Crippen LogP contribution is 2.51. The zero-order chi connectivity index (χ0) is 25.5. The summed E-state index contributed by atoms with van der Waals surface area (Å²) in [5.74, 6) is 0.376. The van der Waals surface area contributed by atoms with Gasteiger partial charge in [0.2, 0.25) is 5.13 Å². The van der Waals surface area contributed by atoms with Crippen LogP contribution in [0.15, 0.2) is 18.2 Å². The van der Waals surface area contributed by atoms with Gasteiger partial charge in [-0.25, -0.2) is 8.42 Å². The van der Waals surface area contributed by atoms with E-state index >= 15 is 0 Å². The third-order valence-corrected chi connectivity index (χ3v) is 9.13. The number of sulfone groups is 1. The Hall–Kier alpha value is -2.04. The van der Waals surface area contributed by atoms with Crippen molar-refractivity contribution in [2.24, 2.45) is 5.92 Å². The van der Waals surface area contributed by atoms with Crippen LogP contribution in [-0.2, 0) is 24.8 Å². The zero-order valence-corrected chi connectivity index (χ0v) is 23.0. The SMILES string of the molecule is CC(C)CN(c1ccc(C2(C(=O)CS(C)(=O)=O)CC2)cc1Nc1nnc(C2CC2)s1)C1CCOCC1. The van der Waals surface area contributed by atoms with Crippen LogP contribution >= 0.6 is 11.3 Å². The number of Topliss-reactive ketones (excluding diaryl/α,β-unsaturated/α-hetero) is 1. The highest BCUT2D eigenvalue weighted by Gasteiger charge is 2.51. The standard InChI is InChI=1S/C26H36N4O4S2/c1-17(2)15-30(20-8-12-34-13-9-20)22-7-6-19(26(10-11-26)23(31)16-36(3,32)33)14-21(22)27-25-29-28-24(35-25)18-4-5-18/h6-7,14,17-18,20H,4-5,8-13,15-16H2,1-3H3,(H,27,29). The van der Waals surface area contributed by atoms with Gasteiger partial charge < -0.3 is 15.0 Å². The number of carbonyl (C=O) groups is 1. The second-order valence-corrected chi connectivity index (χ2v) is 14.2. The van der Waals surface area contributed by atoms with Crippen LogP contribution in [0.2, 0.25) is 0 Å². The van der Waals surface area contributed by atoms with Gasteiger partial charge in [-0.1, -0.05) is 31.3 Å². The number of carbonyl (C=O) groups excluding carboxylic acids is 1. The summed E-state index contributed by atoms with van der Waals surface area (Å²) < 4.78 is 29.4. The van der Waals surface area contributed by atoms with E-state index in [0.717, 1.165) is 65.9 Å². The van der Waals surface area contributed by atoms with Gasteiger partial charge in [-0.2, -0.15) is 0 Å². The molecule has 1 saturated heterocycles. The second-order valence-electron chi connectivity index (χ2n) is 11.0. The summed E-state index contributed by atoms with van der Waals surface area (Å²) in [6.07, 6.45) is 6.77. The summed E-state index contributed by atoms with van der Waals surface area (Å²) in [4.78, 5) is 15.5. The monoisotopic (exact) mass is 532 g/mol. The number of rotatable bonds is 11.